The predicted molar refractivity (Wildman–Crippen MR) is 105 cm³/mol. The van der Waals surface area contributed by atoms with Crippen molar-refractivity contribution in [1.82, 2.24) is 0 Å². The zero-order valence-corrected chi connectivity index (χ0v) is 15.5. The van der Waals surface area contributed by atoms with Gasteiger partial charge in [0, 0.05) is 16.6 Å². The normalized spacial score (nSPS) is 13.1. The molecule has 0 bridgehead atoms. The van der Waals surface area contributed by atoms with Crippen LogP contribution < -0.4 is 14.2 Å². The van der Waals surface area contributed by atoms with Crippen LogP contribution in [0.1, 0.15) is 22.6 Å². The molecule has 7 heteroatoms. The maximum Gasteiger partial charge on any atom is 0.231 e. The molecule has 1 N–H and O–H groups in total. The van der Waals surface area contributed by atoms with Gasteiger partial charge in [-0.05, 0) is 29.3 Å². The van der Waals surface area contributed by atoms with E-state index in [4.69, 9.17) is 14.2 Å². The lowest BCUT2D eigenvalue weighted by Crippen LogP contribution is -2.14. The van der Waals surface area contributed by atoms with Crippen LogP contribution in [-0.4, -0.2) is 23.4 Å². The Morgan fingerprint density at radius 1 is 1.03 bits per heavy atom. The molecule has 3 aromatic rings. The van der Waals surface area contributed by atoms with E-state index < -0.39 is 10.8 Å². The number of hydrogen-bond donors (Lipinski definition) is 1. The van der Waals surface area contributed by atoms with Gasteiger partial charge in [-0.25, -0.2) is 0 Å². The maximum atomic E-state index is 11.3. The lowest BCUT2D eigenvalue weighted by molar-refractivity contribution is -0.481. The van der Waals surface area contributed by atoms with Crippen molar-refractivity contribution in [1.29, 1.82) is 0 Å². The van der Waals surface area contributed by atoms with E-state index in [1.165, 1.54) is 6.07 Å². The number of phenolic OH excluding ortho intramolecular Hbond substituents is 1. The molecular formula is C22H19NO6. The number of nitrogens with zero attached hydrogens (tertiary/aromatic N) is 1. The number of rotatable bonds is 7. The van der Waals surface area contributed by atoms with E-state index in [0.29, 0.717) is 35.0 Å². The number of phenols is 1. The number of nitro groups is 1. The molecule has 1 heterocycles. The molecule has 4 rings (SSSR count). The van der Waals surface area contributed by atoms with Crippen LogP contribution in [0.2, 0.25) is 0 Å². The van der Waals surface area contributed by atoms with Gasteiger partial charge in [0.2, 0.25) is 13.3 Å². The summed E-state index contributed by atoms with van der Waals surface area (Å²) in [4.78, 5) is 10.9. The zero-order chi connectivity index (χ0) is 20.2. The van der Waals surface area contributed by atoms with Gasteiger partial charge in [-0.3, -0.25) is 10.1 Å². The van der Waals surface area contributed by atoms with Crippen LogP contribution in [-0.2, 0) is 6.61 Å². The Hall–Kier alpha value is -3.74. The summed E-state index contributed by atoms with van der Waals surface area (Å²) in [5.41, 5.74) is 2.17. The van der Waals surface area contributed by atoms with Crippen LogP contribution in [0.3, 0.4) is 0 Å². The molecular weight excluding hydrogens is 374 g/mol. The molecule has 1 atom stereocenters. The first-order chi connectivity index (χ1) is 14.1. The summed E-state index contributed by atoms with van der Waals surface area (Å²) < 4.78 is 16.4. The topological polar surface area (TPSA) is 91.1 Å². The van der Waals surface area contributed by atoms with Crippen molar-refractivity contribution in [3.05, 3.63) is 93.5 Å². The second kappa shape index (κ2) is 8.10. The van der Waals surface area contributed by atoms with Gasteiger partial charge in [0.05, 0.1) is 5.92 Å². The first kappa shape index (κ1) is 18.6. The monoisotopic (exact) mass is 393 g/mol. The highest BCUT2D eigenvalue weighted by Crippen LogP contribution is 2.42. The minimum Gasteiger partial charge on any atom is -0.507 e. The highest BCUT2D eigenvalue weighted by molar-refractivity contribution is 5.54. The molecule has 0 aromatic heterocycles. The first-order valence-corrected chi connectivity index (χ1v) is 9.11. The smallest absolute Gasteiger partial charge is 0.231 e. The molecule has 148 valence electrons. The number of ether oxygens (including phenoxy) is 3. The Bertz CT molecular complexity index is 1000. The number of aromatic hydroxyl groups is 1. The Morgan fingerprint density at radius 2 is 1.72 bits per heavy atom. The molecule has 3 aromatic carbocycles. The van der Waals surface area contributed by atoms with E-state index >= 15 is 0 Å². The summed E-state index contributed by atoms with van der Waals surface area (Å²) in [6.07, 6.45) is 0. The largest absolute Gasteiger partial charge is 0.507 e. The van der Waals surface area contributed by atoms with Crippen molar-refractivity contribution < 1.29 is 24.2 Å². The molecule has 1 unspecified atom stereocenters. The van der Waals surface area contributed by atoms with Crippen LogP contribution >= 0.6 is 0 Å². The van der Waals surface area contributed by atoms with E-state index in [-0.39, 0.29) is 19.1 Å². The third-order valence-electron chi connectivity index (χ3n) is 4.76. The van der Waals surface area contributed by atoms with Crippen LogP contribution in [0.25, 0.3) is 0 Å². The highest BCUT2D eigenvalue weighted by Gasteiger charge is 2.27. The minimum absolute atomic E-state index is 0.0611. The van der Waals surface area contributed by atoms with Gasteiger partial charge in [-0.1, -0.05) is 42.5 Å². The molecule has 0 amide bonds. The molecule has 0 fully saturated rings. The summed E-state index contributed by atoms with van der Waals surface area (Å²) in [5.74, 6) is 0.852. The molecule has 1 aliphatic rings. The third kappa shape index (κ3) is 4.24. The lowest BCUT2D eigenvalue weighted by Gasteiger charge is -2.16. The van der Waals surface area contributed by atoms with Crippen molar-refractivity contribution in [2.75, 3.05) is 13.3 Å². The fourth-order valence-electron chi connectivity index (χ4n) is 3.30. The minimum atomic E-state index is -0.636. The average Bonchev–Trinajstić information content (AvgIpc) is 3.18. The van der Waals surface area contributed by atoms with E-state index in [0.717, 1.165) is 5.56 Å². The van der Waals surface area contributed by atoms with E-state index in [1.807, 2.05) is 30.3 Å². The SMILES string of the molecule is O=[N+]([O-])CC(c1ccc(OCc2ccccc2)cc1)c1cc2c(cc1O)OCO2. The lowest BCUT2D eigenvalue weighted by atomic mass is 9.90. The number of fused-ring (bicyclic) bond motifs is 1. The molecule has 0 radical (unpaired) electrons. The van der Waals surface area contributed by atoms with Gasteiger partial charge in [0.25, 0.3) is 0 Å². The molecule has 0 aliphatic carbocycles. The second-order valence-corrected chi connectivity index (χ2v) is 6.68. The summed E-state index contributed by atoms with van der Waals surface area (Å²) in [6, 6.07) is 19.9. The average molecular weight is 393 g/mol. The van der Waals surface area contributed by atoms with Crippen molar-refractivity contribution >= 4 is 0 Å². The van der Waals surface area contributed by atoms with Crippen LogP contribution in [0.5, 0.6) is 23.0 Å². The Balaban J connectivity index is 1.57. The van der Waals surface area contributed by atoms with E-state index in [9.17, 15) is 15.2 Å². The van der Waals surface area contributed by atoms with Crippen molar-refractivity contribution in [3.63, 3.8) is 0 Å². The summed E-state index contributed by atoms with van der Waals surface area (Å²) in [5, 5.41) is 21.7. The first-order valence-electron chi connectivity index (χ1n) is 9.11. The Morgan fingerprint density at radius 3 is 2.41 bits per heavy atom. The summed E-state index contributed by atoms with van der Waals surface area (Å²) in [6.45, 7) is 0.129. The summed E-state index contributed by atoms with van der Waals surface area (Å²) in [7, 11) is 0. The van der Waals surface area contributed by atoms with Gasteiger partial charge < -0.3 is 19.3 Å². The summed E-state index contributed by atoms with van der Waals surface area (Å²) >= 11 is 0. The standard InChI is InChI=1S/C22H19NO6/c24-20-11-22-21(28-14-29-22)10-18(20)19(12-23(25)26)16-6-8-17(9-7-16)27-13-15-4-2-1-3-5-15/h1-11,19,24H,12-14H2. The van der Waals surface area contributed by atoms with Crippen molar-refractivity contribution in [2.24, 2.45) is 0 Å². The van der Waals surface area contributed by atoms with Gasteiger partial charge in [0.1, 0.15) is 18.1 Å². The fraction of sp³-hybridized carbons (Fsp3) is 0.182. The van der Waals surface area contributed by atoms with Gasteiger partial charge in [-0.15, -0.1) is 0 Å². The highest BCUT2D eigenvalue weighted by atomic mass is 16.7. The number of benzene rings is 3. The molecule has 1 aliphatic heterocycles. The molecule has 0 saturated heterocycles. The van der Waals surface area contributed by atoms with Gasteiger partial charge >= 0.3 is 0 Å². The van der Waals surface area contributed by atoms with Gasteiger partial charge in [0.15, 0.2) is 11.5 Å². The quantitative estimate of drug-likeness (QED) is 0.480. The predicted octanol–water partition coefficient (Wildman–Crippen LogP) is 4.11. The Kier molecular flexibility index (Phi) is 5.20. The Labute approximate surface area is 167 Å². The molecule has 29 heavy (non-hydrogen) atoms. The van der Waals surface area contributed by atoms with Crippen LogP contribution in [0.15, 0.2) is 66.7 Å². The fourth-order valence-corrected chi connectivity index (χ4v) is 3.30. The van der Waals surface area contributed by atoms with E-state index in [2.05, 4.69) is 0 Å². The molecule has 0 spiro atoms. The van der Waals surface area contributed by atoms with E-state index in [1.54, 1.807) is 30.3 Å². The molecule has 7 nitrogen and oxygen atoms in total. The zero-order valence-electron chi connectivity index (χ0n) is 15.5. The molecule has 0 saturated carbocycles. The van der Waals surface area contributed by atoms with Crippen molar-refractivity contribution in [2.45, 2.75) is 12.5 Å². The van der Waals surface area contributed by atoms with Gasteiger partial charge in [-0.2, -0.15) is 0 Å². The third-order valence-corrected chi connectivity index (χ3v) is 4.76. The maximum absolute atomic E-state index is 11.3. The number of hydrogen-bond acceptors (Lipinski definition) is 6. The van der Waals surface area contributed by atoms with Crippen LogP contribution in [0.4, 0.5) is 0 Å². The van der Waals surface area contributed by atoms with Crippen molar-refractivity contribution in [3.8, 4) is 23.0 Å². The van der Waals surface area contributed by atoms with Crippen LogP contribution in [0, 0.1) is 10.1 Å². The second-order valence-electron chi connectivity index (χ2n) is 6.68.